The lowest BCUT2D eigenvalue weighted by atomic mass is 9.73. The van der Waals surface area contributed by atoms with Gasteiger partial charge in [0, 0.05) is 42.1 Å². The van der Waals surface area contributed by atoms with Crippen molar-refractivity contribution < 1.29 is 24.3 Å². The number of aliphatic carboxylic acids is 1. The molecule has 5 heterocycles. The van der Waals surface area contributed by atoms with Gasteiger partial charge in [-0.1, -0.05) is 13.8 Å². The summed E-state index contributed by atoms with van der Waals surface area (Å²) in [4.78, 5) is 55.3. The fourth-order valence-electron chi connectivity index (χ4n) is 6.81. The topological polar surface area (TPSA) is 177 Å². The number of rotatable bonds is 11. The number of amides is 2. The maximum Gasteiger partial charge on any atom is 0.353 e. The van der Waals surface area contributed by atoms with E-state index in [9.17, 15) is 24.3 Å². The SMILES string of the molecule is C[C@@H](CC(=O)Cn1cnnn1)[C@H]1C(=O)N2C(C(=O)O)=C(S[C@@H]3CN[C@H](C(=O)N4CCC(CCN)CC4)C3)[C@H](C)[C@H]12. The molecule has 40 heavy (non-hydrogen) atoms. The maximum atomic E-state index is 13.2. The normalized spacial score (nSPS) is 29.5. The molecule has 4 aliphatic heterocycles. The summed E-state index contributed by atoms with van der Waals surface area (Å²) in [7, 11) is 0. The summed E-state index contributed by atoms with van der Waals surface area (Å²) in [6, 6.07) is -0.578. The first kappa shape index (κ1) is 28.7. The minimum atomic E-state index is -1.12. The highest BCUT2D eigenvalue weighted by molar-refractivity contribution is 8.03. The standard InChI is InChI=1S/C26H38N8O5S/c1-14(9-17(35)12-33-13-29-30-31-33)20-21-15(2)23(22(26(38)39)34(21)25(20)37)40-18-10-19(28-11-18)24(36)32-7-4-16(3-6-27)5-8-32/h13-16,18-21,28H,3-12,27H2,1-2H3,(H,38,39)/t14-,15+,18-,19-,20+,21+/m0/s1. The molecule has 2 amide bonds. The van der Waals surface area contributed by atoms with E-state index < -0.39 is 11.9 Å². The molecule has 0 unspecified atom stereocenters. The lowest BCUT2D eigenvalue weighted by Gasteiger charge is -2.47. The number of aromatic nitrogens is 4. The lowest BCUT2D eigenvalue weighted by Crippen LogP contribution is -2.62. The zero-order valence-electron chi connectivity index (χ0n) is 22.9. The number of carboxylic acid groups (broad SMARTS) is 1. The first-order chi connectivity index (χ1) is 19.2. The third kappa shape index (κ3) is 5.53. The number of nitrogens with one attached hydrogen (secondary N) is 1. The predicted octanol–water partition coefficient (Wildman–Crippen LogP) is 0.0924. The van der Waals surface area contributed by atoms with E-state index in [1.165, 1.54) is 27.7 Å². The summed E-state index contributed by atoms with van der Waals surface area (Å²) in [6.45, 7) is 6.63. The van der Waals surface area contributed by atoms with Crippen molar-refractivity contribution >= 4 is 35.3 Å². The molecule has 4 N–H and O–H groups in total. The maximum absolute atomic E-state index is 13.2. The second kappa shape index (κ2) is 12.0. The predicted molar refractivity (Wildman–Crippen MR) is 145 cm³/mol. The Labute approximate surface area is 237 Å². The average Bonchev–Trinajstić information content (AvgIpc) is 3.65. The molecule has 0 aromatic carbocycles. The highest BCUT2D eigenvalue weighted by Gasteiger charge is 2.60. The molecule has 1 aromatic rings. The molecule has 3 fully saturated rings. The van der Waals surface area contributed by atoms with Gasteiger partial charge in [-0.2, -0.15) is 0 Å². The van der Waals surface area contributed by atoms with Gasteiger partial charge in [0.2, 0.25) is 11.8 Å². The number of carbonyl (C=O) groups is 4. The Kier molecular flexibility index (Phi) is 8.57. The first-order valence-corrected chi connectivity index (χ1v) is 15.0. The number of hydrogen-bond acceptors (Lipinski definition) is 10. The molecule has 0 saturated carbocycles. The minimum absolute atomic E-state index is 0.0260. The van der Waals surface area contributed by atoms with Gasteiger partial charge < -0.3 is 26.0 Å². The lowest BCUT2D eigenvalue weighted by molar-refractivity contribution is -0.160. The van der Waals surface area contributed by atoms with Crippen LogP contribution in [0.4, 0.5) is 0 Å². The molecule has 0 bridgehead atoms. The second-order valence-electron chi connectivity index (χ2n) is 11.5. The number of fused-ring (bicyclic) bond motifs is 1. The van der Waals surface area contributed by atoms with Gasteiger partial charge in [-0.3, -0.25) is 14.4 Å². The minimum Gasteiger partial charge on any atom is -0.477 e. The Bertz CT molecular complexity index is 1170. The number of piperidine rings is 1. The number of carboxylic acids is 1. The fourth-order valence-corrected chi connectivity index (χ4v) is 8.29. The molecular formula is C26H38N8O5S. The zero-order valence-corrected chi connectivity index (χ0v) is 23.8. The van der Waals surface area contributed by atoms with Crippen LogP contribution in [-0.4, -0.2) is 102 Å². The van der Waals surface area contributed by atoms with Crippen LogP contribution in [0.5, 0.6) is 0 Å². The molecule has 14 heteroatoms. The number of ketones is 1. The molecule has 0 spiro atoms. The van der Waals surface area contributed by atoms with E-state index >= 15 is 0 Å². The van der Waals surface area contributed by atoms with Crippen LogP contribution in [0, 0.1) is 23.7 Å². The number of thioether (sulfide) groups is 1. The van der Waals surface area contributed by atoms with Gasteiger partial charge >= 0.3 is 5.97 Å². The van der Waals surface area contributed by atoms with E-state index in [0.29, 0.717) is 30.3 Å². The van der Waals surface area contributed by atoms with E-state index in [-0.39, 0.29) is 65.4 Å². The van der Waals surface area contributed by atoms with Gasteiger partial charge in [-0.25, -0.2) is 9.48 Å². The van der Waals surface area contributed by atoms with Crippen LogP contribution in [0.2, 0.25) is 0 Å². The average molecular weight is 575 g/mol. The number of nitrogens with two attached hydrogens (primary N) is 1. The molecular weight excluding hydrogens is 536 g/mol. The summed E-state index contributed by atoms with van der Waals surface area (Å²) < 4.78 is 1.35. The van der Waals surface area contributed by atoms with Crippen molar-refractivity contribution in [3.8, 4) is 0 Å². The Morgan fingerprint density at radius 3 is 2.67 bits per heavy atom. The van der Waals surface area contributed by atoms with Crippen LogP contribution in [0.3, 0.4) is 0 Å². The smallest absolute Gasteiger partial charge is 0.353 e. The molecule has 4 aliphatic rings. The summed E-state index contributed by atoms with van der Waals surface area (Å²) in [5, 5.41) is 24.2. The quantitative estimate of drug-likeness (QED) is 0.305. The Balaban J connectivity index is 1.19. The highest BCUT2D eigenvalue weighted by atomic mass is 32.2. The van der Waals surface area contributed by atoms with Crippen LogP contribution in [0.25, 0.3) is 0 Å². The van der Waals surface area contributed by atoms with E-state index in [0.717, 1.165) is 32.4 Å². The summed E-state index contributed by atoms with van der Waals surface area (Å²) in [5.74, 6) is -1.61. The summed E-state index contributed by atoms with van der Waals surface area (Å²) in [5.41, 5.74) is 5.74. The molecule has 0 radical (unpaired) electrons. The van der Waals surface area contributed by atoms with Gasteiger partial charge in [0.05, 0.1) is 18.0 Å². The van der Waals surface area contributed by atoms with Crippen LogP contribution in [0.1, 0.15) is 46.0 Å². The number of tetrazole rings is 1. The van der Waals surface area contributed by atoms with Crippen LogP contribution >= 0.6 is 11.8 Å². The fraction of sp³-hybridized carbons (Fsp3) is 0.731. The third-order valence-electron chi connectivity index (χ3n) is 8.87. The summed E-state index contributed by atoms with van der Waals surface area (Å²) >= 11 is 1.48. The van der Waals surface area contributed by atoms with Crippen molar-refractivity contribution in [2.75, 3.05) is 26.2 Å². The molecule has 218 valence electrons. The first-order valence-electron chi connectivity index (χ1n) is 14.1. The van der Waals surface area contributed by atoms with Crippen molar-refractivity contribution in [3.05, 3.63) is 16.9 Å². The van der Waals surface area contributed by atoms with Crippen molar-refractivity contribution in [2.24, 2.45) is 29.4 Å². The van der Waals surface area contributed by atoms with Crippen LogP contribution < -0.4 is 11.1 Å². The molecule has 13 nitrogen and oxygen atoms in total. The van der Waals surface area contributed by atoms with Gasteiger partial charge in [0.15, 0.2) is 5.78 Å². The van der Waals surface area contributed by atoms with E-state index in [1.807, 2.05) is 18.7 Å². The number of nitrogens with zero attached hydrogens (tertiary/aromatic N) is 6. The molecule has 6 atom stereocenters. The van der Waals surface area contributed by atoms with Crippen molar-refractivity contribution in [3.63, 3.8) is 0 Å². The van der Waals surface area contributed by atoms with Gasteiger partial charge in [0.25, 0.3) is 0 Å². The molecule has 3 saturated heterocycles. The van der Waals surface area contributed by atoms with Gasteiger partial charge in [0.1, 0.15) is 18.6 Å². The van der Waals surface area contributed by atoms with Crippen molar-refractivity contribution in [2.45, 2.75) is 69.8 Å². The third-order valence-corrected chi connectivity index (χ3v) is 10.4. The van der Waals surface area contributed by atoms with Crippen molar-refractivity contribution in [1.82, 2.24) is 35.3 Å². The number of carbonyl (C=O) groups excluding carboxylic acids is 3. The Morgan fingerprint density at radius 2 is 2.02 bits per heavy atom. The summed E-state index contributed by atoms with van der Waals surface area (Å²) in [6.07, 6.45) is 5.12. The monoisotopic (exact) mass is 574 g/mol. The van der Waals surface area contributed by atoms with Crippen LogP contribution in [0.15, 0.2) is 16.9 Å². The second-order valence-corrected chi connectivity index (χ2v) is 12.9. The number of likely N-dealkylation sites (tertiary alicyclic amines) is 1. The highest BCUT2D eigenvalue weighted by Crippen LogP contribution is 2.53. The number of β-lactam (4-membered cyclic amide) rings is 1. The Morgan fingerprint density at radius 1 is 1.27 bits per heavy atom. The van der Waals surface area contributed by atoms with E-state index in [2.05, 4.69) is 20.8 Å². The van der Waals surface area contributed by atoms with E-state index in [1.54, 1.807) is 0 Å². The molecule has 5 rings (SSSR count). The number of Topliss-reactive ketones (excluding diaryl/α,β-unsaturated/α-hetero) is 1. The van der Waals surface area contributed by atoms with Gasteiger partial charge in [-0.15, -0.1) is 16.9 Å². The van der Waals surface area contributed by atoms with E-state index in [4.69, 9.17) is 5.73 Å². The van der Waals surface area contributed by atoms with Crippen LogP contribution in [-0.2, 0) is 25.7 Å². The molecule has 1 aromatic heterocycles. The largest absolute Gasteiger partial charge is 0.477 e. The van der Waals surface area contributed by atoms with Crippen molar-refractivity contribution in [1.29, 1.82) is 0 Å². The molecule has 0 aliphatic carbocycles. The number of hydrogen-bond donors (Lipinski definition) is 3. The Hall–Kier alpha value is -2.84. The zero-order chi connectivity index (χ0) is 28.6. The van der Waals surface area contributed by atoms with Gasteiger partial charge in [-0.05, 0) is 54.5 Å².